The number of benzene rings is 1. The number of carbonyl (C=O) groups excluding carboxylic acids is 1. The van der Waals surface area contributed by atoms with Gasteiger partial charge in [0, 0.05) is 18.0 Å². The topological polar surface area (TPSA) is 29.1 Å². The first-order chi connectivity index (χ1) is 7.67. The van der Waals surface area contributed by atoms with Crippen LogP contribution in [-0.4, -0.2) is 18.3 Å². The van der Waals surface area contributed by atoms with Gasteiger partial charge in [0.25, 0.3) is 5.91 Å². The van der Waals surface area contributed by atoms with Gasteiger partial charge in [-0.05, 0) is 30.0 Å². The van der Waals surface area contributed by atoms with Crippen LogP contribution in [0.2, 0.25) is 0 Å². The maximum absolute atomic E-state index is 11.7. The molecule has 1 N–H and O–H groups in total. The first-order valence-corrected chi connectivity index (χ1v) is 6.14. The van der Waals surface area contributed by atoms with Crippen LogP contribution in [-0.2, 0) is 6.42 Å². The molecule has 16 heavy (non-hydrogen) atoms. The Morgan fingerprint density at radius 2 is 2.00 bits per heavy atom. The van der Waals surface area contributed by atoms with Gasteiger partial charge in [-0.25, -0.2) is 0 Å². The van der Waals surface area contributed by atoms with Gasteiger partial charge >= 0.3 is 0 Å². The number of alkyl halides is 1. The van der Waals surface area contributed by atoms with E-state index in [-0.39, 0.29) is 5.91 Å². The normalized spacial score (nSPS) is 12.2. The molecule has 0 aliphatic heterocycles. The molecule has 0 saturated heterocycles. The summed E-state index contributed by atoms with van der Waals surface area (Å²) in [5.74, 6) is 0.842. The van der Waals surface area contributed by atoms with E-state index >= 15 is 0 Å². The van der Waals surface area contributed by atoms with Crippen LogP contribution in [0.1, 0.15) is 29.8 Å². The first-order valence-electron chi connectivity index (χ1n) is 5.60. The van der Waals surface area contributed by atoms with Gasteiger partial charge in [0.1, 0.15) is 0 Å². The molecule has 0 radical (unpaired) electrons. The first kappa shape index (κ1) is 13.0. The Morgan fingerprint density at radius 3 is 2.50 bits per heavy atom. The average Bonchev–Trinajstić information content (AvgIpc) is 2.35. The van der Waals surface area contributed by atoms with Crippen LogP contribution < -0.4 is 5.32 Å². The summed E-state index contributed by atoms with van der Waals surface area (Å²) in [6, 6.07) is 7.69. The van der Waals surface area contributed by atoms with E-state index in [9.17, 15) is 4.79 Å². The fourth-order valence-corrected chi connectivity index (χ4v) is 1.42. The molecule has 0 aliphatic rings. The molecule has 0 aromatic heterocycles. The van der Waals surface area contributed by atoms with E-state index in [4.69, 9.17) is 11.6 Å². The molecule has 0 fully saturated rings. The summed E-state index contributed by atoms with van der Waals surface area (Å²) >= 11 is 5.67. The van der Waals surface area contributed by atoms with Crippen molar-refractivity contribution in [3.63, 3.8) is 0 Å². The predicted octanol–water partition coefficient (Wildman–Crippen LogP) is 2.85. The summed E-state index contributed by atoms with van der Waals surface area (Å²) in [5.41, 5.74) is 1.95. The lowest BCUT2D eigenvalue weighted by atomic mass is 10.1. The Labute approximate surface area is 102 Å². The smallest absolute Gasteiger partial charge is 0.251 e. The molecule has 1 unspecified atom stereocenters. The standard InChI is InChI=1S/C13H18ClNO/c1-3-11-4-6-12(7-5-11)13(16)15-9-10(2)8-14/h4-7,10H,3,8-9H2,1-2H3,(H,15,16). The largest absolute Gasteiger partial charge is 0.352 e. The Balaban J connectivity index is 2.52. The van der Waals surface area contributed by atoms with E-state index in [1.165, 1.54) is 5.56 Å². The van der Waals surface area contributed by atoms with Crippen molar-refractivity contribution in [2.45, 2.75) is 20.3 Å². The summed E-state index contributed by atoms with van der Waals surface area (Å²) in [6.45, 7) is 4.72. The fourth-order valence-electron chi connectivity index (χ4n) is 1.32. The average molecular weight is 240 g/mol. The maximum Gasteiger partial charge on any atom is 0.251 e. The molecule has 1 aromatic carbocycles. The molecule has 0 heterocycles. The minimum absolute atomic E-state index is 0.0281. The molecule has 1 aromatic rings. The Morgan fingerprint density at radius 1 is 1.38 bits per heavy atom. The Hall–Kier alpha value is -1.02. The van der Waals surface area contributed by atoms with Gasteiger partial charge in [-0.1, -0.05) is 26.0 Å². The summed E-state index contributed by atoms with van der Waals surface area (Å²) in [6.07, 6.45) is 0.991. The van der Waals surface area contributed by atoms with Gasteiger partial charge in [-0.3, -0.25) is 4.79 Å². The monoisotopic (exact) mass is 239 g/mol. The van der Waals surface area contributed by atoms with Crippen LogP contribution in [0.3, 0.4) is 0 Å². The number of aryl methyl sites for hydroxylation is 1. The summed E-state index contributed by atoms with van der Waals surface area (Å²) in [5, 5.41) is 2.86. The van der Waals surface area contributed by atoms with Crippen molar-refractivity contribution in [1.29, 1.82) is 0 Å². The highest BCUT2D eigenvalue weighted by atomic mass is 35.5. The molecule has 0 saturated carbocycles. The SMILES string of the molecule is CCc1ccc(C(=O)NCC(C)CCl)cc1. The van der Waals surface area contributed by atoms with Gasteiger partial charge in [0.05, 0.1) is 0 Å². The summed E-state index contributed by atoms with van der Waals surface area (Å²) in [4.78, 5) is 11.7. The third-order valence-corrected chi connectivity index (χ3v) is 3.03. The van der Waals surface area contributed by atoms with E-state index in [1.807, 2.05) is 31.2 Å². The molecule has 1 rings (SSSR count). The third-order valence-electron chi connectivity index (χ3n) is 2.50. The van der Waals surface area contributed by atoms with Crippen LogP contribution >= 0.6 is 11.6 Å². The molecular formula is C13H18ClNO. The van der Waals surface area contributed by atoms with E-state index in [0.717, 1.165) is 6.42 Å². The van der Waals surface area contributed by atoms with Crippen molar-refractivity contribution in [2.24, 2.45) is 5.92 Å². The second-order valence-electron chi connectivity index (χ2n) is 4.02. The molecule has 0 spiro atoms. The number of amides is 1. The lowest BCUT2D eigenvalue weighted by molar-refractivity contribution is 0.0949. The van der Waals surface area contributed by atoms with Crippen molar-refractivity contribution < 1.29 is 4.79 Å². The highest BCUT2D eigenvalue weighted by Crippen LogP contribution is 2.05. The molecule has 1 amide bonds. The lowest BCUT2D eigenvalue weighted by Gasteiger charge is -2.09. The lowest BCUT2D eigenvalue weighted by Crippen LogP contribution is -2.28. The molecule has 2 nitrogen and oxygen atoms in total. The van der Waals surface area contributed by atoms with Gasteiger partial charge < -0.3 is 5.32 Å². The van der Waals surface area contributed by atoms with Crippen LogP contribution in [0.15, 0.2) is 24.3 Å². The third kappa shape index (κ3) is 3.86. The number of nitrogens with one attached hydrogen (secondary N) is 1. The second kappa shape index (κ2) is 6.54. The minimum Gasteiger partial charge on any atom is -0.352 e. The number of hydrogen-bond acceptors (Lipinski definition) is 1. The zero-order valence-electron chi connectivity index (χ0n) is 9.79. The van der Waals surface area contributed by atoms with Crippen molar-refractivity contribution >= 4 is 17.5 Å². The summed E-state index contributed by atoms with van der Waals surface area (Å²) in [7, 11) is 0. The Bertz CT molecular complexity index is 334. The molecule has 88 valence electrons. The van der Waals surface area contributed by atoms with Gasteiger partial charge in [-0.15, -0.1) is 11.6 Å². The summed E-state index contributed by atoms with van der Waals surface area (Å²) < 4.78 is 0. The van der Waals surface area contributed by atoms with Crippen LogP contribution in [0, 0.1) is 5.92 Å². The second-order valence-corrected chi connectivity index (χ2v) is 4.33. The van der Waals surface area contributed by atoms with E-state index < -0.39 is 0 Å². The molecule has 3 heteroatoms. The van der Waals surface area contributed by atoms with E-state index in [2.05, 4.69) is 12.2 Å². The number of halogens is 1. The molecule has 1 atom stereocenters. The molecule has 0 bridgehead atoms. The van der Waals surface area contributed by atoms with E-state index in [0.29, 0.717) is 23.9 Å². The molecular weight excluding hydrogens is 222 g/mol. The van der Waals surface area contributed by atoms with Gasteiger partial charge in [0.15, 0.2) is 0 Å². The fraction of sp³-hybridized carbons (Fsp3) is 0.462. The van der Waals surface area contributed by atoms with Crippen LogP contribution in [0.5, 0.6) is 0 Å². The van der Waals surface area contributed by atoms with Crippen molar-refractivity contribution in [3.05, 3.63) is 35.4 Å². The zero-order chi connectivity index (χ0) is 12.0. The van der Waals surface area contributed by atoms with Crippen LogP contribution in [0.25, 0.3) is 0 Å². The highest BCUT2D eigenvalue weighted by molar-refractivity contribution is 6.18. The number of carbonyl (C=O) groups is 1. The van der Waals surface area contributed by atoms with Crippen molar-refractivity contribution in [2.75, 3.05) is 12.4 Å². The minimum atomic E-state index is -0.0281. The van der Waals surface area contributed by atoms with E-state index in [1.54, 1.807) is 0 Å². The highest BCUT2D eigenvalue weighted by Gasteiger charge is 2.06. The zero-order valence-corrected chi connectivity index (χ0v) is 10.6. The molecule has 0 aliphatic carbocycles. The van der Waals surface area contributed by atoms with Crippen LogP contribution in [0.4, 0.5) is 0 Å². The quantitative estimate of drug-likeness (QED) is 0.787. The van der Waals surface area contributed by atoms with Gasteiger partial charge in [-0.2, -0.15) is 0 Å². The maximum atomic E-state index is 11.7. The van der Waals surface area contributed by atoms with Crippen molar-refractivity contribution in [3.8, 4) is 0 Å². The predicted molar refractivity (Wildman–Crippen MR) is 68.0 cm³/mol. The number of rotatable bonds is 5. The Kier molecular flexibility index (Phi) is 5.33. The number of hydrogen-bond donors (Lipinski definition) is 1. The van der Waals surface area contributed by atoms with Gasteiger partial charge in [0.2, 0.25) is 0 Å². The van der Waals surface area contributed by atoms with Crippen molar-refractivity contribution in [1.82, 2.24) is 5.32 Å².